The molecule has 0 spiro atoms. The standard InChI is InChI=1S/C14H11N5O2/c20-12-3-1-2-11(7-12)18-14(21)10-4-5-15-13(6-10)19-8-16-17-9-19/h1-9,20H,(H,18,21). The molecule has 1 amide bonds. The quantitative estimate of drug-likeness (QED) is 0.761. The topological polar surface area (TPSA) is 92.9 Å². The average Bonchev–Trinajstić information content (AvgIpc) is 3.02. The number of anilines is 1. The number of aromatic hydroxyl groups is 1. The molecular formula is C14H11N5O2. The van der Waals surface area contributed by atoms with E-state index < -0.39 is 0 Å². The summed E-state index contributed by atoms with van der Waals surface area (Å²) in [5.41, 5.74) is 0.958. The zero-order valence-corrected chi connectivity index (χ0v) is 10.8. The van der Waals surface area contributed by atoms with Gasteiger partial charge in [0.1, 0.15) is 24.2 Å². The predicted octanol–water partition coefficient (Wildman–Crippen LogP) is 1.62. The molecule has 1 aromatic carbocycles. The summed E-state index contributed by atoms with van der Waals surface area (Å²) < 4.78 is 1.60. The van der Waals surface area contributed by atoms with Crippen LogP contribution in [0, 0.1) is 0 Å². The number of phenolic OH excluding ortho intramolecular Hbond substituents is 1. The van der Waals surface area contributed by atoms with Crippen molar-refractivity contribution in [2.45, 2.75) is 0 Å². The van der Waals surface area contributed by atoms with E-state index in [-0.39, 0.29) is 11.7 Å². The van der Waals surface area contributed by atoms with Gasteiger partial charge in [-0.2, -0.15) is 0 Å². The van der Waals surface area contributed by atoms with E-state index in [4.69, 9.17) is 0 Å². The maximum absolute atomic E-state index is 12.2. The number of carbonyl (C=O) groups is 1. The monoisotopic (exact) mass is 281 g/mol. The maximum Gasteiger partial charge on any atom is 0.255 e. The summed E-state index contributed by atoms with van der Waals surface area (Å²) in [6.45, 7) is 0. The van der Waals surface area contributed by atoms with Crippen molar-refractivity contribution in [2.75, 3.05) is 5.32 Å². The smallest absolute Gasteiger partial charge is 0.255 e. The van der Waals surface area contributed by atoms with Gasteiger partial charge in [-0.3, -0.25) is 9.36 Å². The Bertz CT molecular complexity index is 771. The van der Waals surface area contributed by atoms with E-state index >= 15 is 0 Å². The molecule has 3 aromatic rings. The van der Waals surface area contributed by atoms with Crippen LogP contribution in [0.15, 0.2) is 55.2 Å². The minimum absolute atomic E-state index is 0.0905. The lowest BCUT2D eigenvalue weighted by Gasteiger charge is -2.07. The van der Waals surface area contributed by atoms with Crippen LogP contribution in [0.4, 0.5) is 5.69 Å². The van der Waals surface area contributed by atoms with Crippen LogP contribution in [0.5, 0.6) is 5.75 Å². The molecule has 2 aromatic heterocycles. The molecular weight excluding hydrogens is 270 g/mol. The van der Waals surface area contributed by atoms with E-state index in [0.29, 0.717) is 17.1 Å². The van der Waals surface area contributed by atoms with Crippen molar-refractivity contribution < 1.29 is 9.90 Å². The van der Waals surface area contributed by atoms with Crippen LogP contribution in [0.2, 0.25) is 0 Å². The molecule has 7 heteroatoms. The van der Waals surface area contributed by atoms with E-state index in [0.717, 1.165) is 0 Å². The van der Waals surface area contributed by atoms with E-state index in [2.05, 4.69) is 20.5 Å². The molecule has 0 fully saturated rings. The Morgan fingerprint density at radius 2 is 1.95 bits per heavy atom. The summed E-state index contributed by atoms with van der Waals surface area (Å²) in [5, 5.41) is 19.5. The van der Waals surface area contributed by atoms with Crippen molar-refractivity contribution in [2.24, 2.45) is 0 Å². The molecule has 0 saturated carbocycles. The minimum atomic E-state index is -0.294. The SMILES string of the molecule is O=C(Nc1cccc(O)c1)c1ccnc(-n2cnnc2)c1. The van der Waals surface area contributed by atoms with Crippen LogP contribution in [0.3, 0.4) is 0 Å². The number of phenols is 1. The fourth-order valence-electron chi connectivity index (χ4n) is 1.81. The van der Waals surface area contributed by atoms with Gasteiger partial charge < -0.3 is 10.4 Å². The number of aromatic nitrogens is 4. The second-order valence-electron chi connectivity index (χ2n) is 4.28. The van der Waals surface area contributed by atoms with Gasteiger partial charge in [0.25, 0.3) is 5.91 Å². The van der Waals surface area contributed by atoms with Crippen LogP contribution in [-0.2, 0) is 0 Å². The molecule has 2 heterocycles. The highest BCUT2D eigenvalue weighted by molar-refractivity contribution is 6.04. The summed E-state index contributed by atoms with van der Waals surface area (Å²) in [5.74, 6) is 0.341. The molecule has 0 aliphatic heterocycles. The molecule has 21 heavy (non-hydrogen) atoms. The first kappa shape index (κ1) is 12.8. The van der Waals surface area contributed by atoms with Gasteiger partial charge in [0, 0.05) is 23.5 Å². The van der Waals surface area contributed by atoms with Crippen LogP contribution < -0.4 is 5.32 Å². The number of nitrogens with one attached hydrogen (secondary N) is 1. The van der Waals surface area contributed by atoms with Crippen molar-refractivity contribution in [3.05, 3.63) is 60.8 Å². The number of nitrogens with zero attached hydrogens (tertiary/aromatic N) is 4. The molecule has 0 bridgehead atoms. The number of hydrogen-bond donors (Lipinski definition) is 2. The van der Waals surface area contributed by atoms with Crippen molar-refractivity contribution in [3.8, 4) is 11.6 Å². The summed E-state index contributed by atoms with van der Waals surface area (Å²) >= 11 is 0. The fraction of sp³-hybridized carbons (Fsp3) is 0. The summed E-state index contributed by atoms with van der Waals surface area (Å²) in [6.07, 6.45) is 4.53. The first-order valence-electron chi connectivity index (χ1n) is 6.14. The minimum Gasteiger partial charge on any atom is -0.508 e. The highest BCUT2D eigenvalue weighted by Crippen LogP contribution is 2.16. The lowest BCUT2D eigenvalue weighted by atomic mass is 10.2. The summed E-state index contributed by atoms with van der Waals surface area (Å²) in [4.78, 5) is 16.3. The van der Waals surface area contributed by atoms with Crippen molar-refractivity contribution >= 4 is 11.6 Å². The Hall–Kier alpha value is -3.22. The highest BCUT2D eigenvalue weighted by atomic mass is 16.3. The molecule has 7 nitrogen and oxygen atoms in total. The Labute approximate surface area is 119 Å². The predicted molar refractivity (Wildman–Crippen MR) is 75.2 cm³/mol. The third-order valence-electron chi connectivity index (χ3n) is 2.80. The van der Waals surface area contributed by atoms with Gasteiger partial charge in [-0.15, -0.1) is 10.2 Å². The molecule has 104 valence electrons. The van der Waals surface area contributed by atoms with E-state index in [1.165, 1.54) is 31.0 Å². The third kappa shape index (κ3) is 2.86. The van der Waals surface area contributed by atoms with Crippen LogP contribution in [0.25, 0.3) is 5.82 Å². The molecule has 3 rings (SSSR count). The van der Waals surface area contributed by atoms with E-state index in [9.17, 15) is 9.90 Å². The van der Waals surface area contributed by atoms with Crippen molar-refractivity contribution in [1.82, 2.24) is 19.7 Å². The molecule has 0 saturated heterocycles. The van der Waals surface area contributed by atoms with Gasteiger partial charge in [-0.1, -0.05) is 6.07 Å². The number of benzene rings is 1. The lowest BCUT2D eigenvalue weighted by molar-refractivity contribution is 0.102. The van der Waals surface area contributed by atoms with Crippen molar-refractivity contribution in [3.63, 3.8) is 0 Å². The van der Waals surface area contributed by atoms with Gasteiger partial charge in [0.15, 0.2) is 0 Å². The second-order valence-corrected chi connectivity index (χ2v) is 4.28. The Balaban J connectivity index is 1.83. The summed E-state index contributed by atoms with van der Waals surface area (Å²) in [6, 6.07) is 9.58. The largest absolute Gasteiger partial charge is 0.508 e. The third-order valence-corrected chi connectivity index (χ3v) is 2.80. The average molecular weight is 281 g/mol. The van der Waals surface area contributed by atoms with Crippen LogP contribution in [-0.4, -0.2) is 30.8 Å². The molecule has 0 unspecified atom stereocenters. The zero-order valence-electron chi connectivity index (χ0n) is 10.8. The van der Waals surface area contributed by atoms with Gasteiger partial charge >= 0.3 is 0 Å². The summed E-state index contributed by atoms with van der Waals surface area (Å²) in [7, 11) is 0. The highest BCUT2D eigenvalue weighted by Gasteiger charge is 2.08. The van der Waals surface area contributed by atoms with E-state index in [1.807, 2.05) is 0 Å². The van der Waals surface area contributed by atoms with Gasteiger partial charge in [-0.05, 0) is 24.3 Å². The van der Waals surface area contributed by atoms with Gasteiger partial charge in [0.2, 0.25) is 0 Å². The number of hydrogen-bond acceptors (Lipinski definition) is 5. The number of carbonyl (C=O) groups excluding carboxylic acids is 1. The Kier molecular flexibility index (Phi) is 3.30. The van der Waals surface area contributed by atoms with Crippen LogP contribution in [0.1, 0.15) is 10.4 Å². The van der Waals surface area contributed by atoms with Gasteiger partial charge in [0.05, 0.1) is 0 Å². The lowest BCUT2D eigenvalue weighted by Crippen LogP contribution is -2.12. The molecule has 0 atom stereocenters. The van der Waals surface area contributed by atoms with Gasteiger partial charge in [-0.25, -0.2) is 4.98 Å². The first-order valence-corrected chi connectivity index (χ1v) is 6.14. The normalized spacial score (nSPS) is 10.3. The number of pyridine rings is 1. The number of rotatable bonds is 3. The fourth-order valence-corrected chi connectivity index (χ4v) is 1.81. The van der Waals surface area contributed by atoms with Crippen molar-refractivity contribution in [1.29, 1.82) is 0 Å². The number of amides is 1. The zero-order chi connectivity index (χ0) is 14.7. The first-order chi connectivity index (χ1) is 10.2. The molecule has 0 aliphatic carbocycles. The van der Waals surface area contributed by atoms with E-state index in [1.54, 1.807) is 28.8 Å². The second kappa shape index (κ2) is 5.41. The molecule has 0 radical (unpaired) electrons. The Morgan fingerprint density at radius 1 is 1.14 bits per heavy atom. The molecule has 0 aliphatic rings. The molecule has 2 N–H and O–H groups in total. The maximum atomic E-state index is 12.2. The van der Waals surface area contributed by atoms with Crippen LogP contribution >= 0.6 is 0 Å². The Morgan fingerprint density at radius 3 is 2.71 bits per heavy atom.